The van der Waals surface area contributed by atoms with Crippen LogP contribution < -0.4 is 10.1 Å². The average Bonchev–Trinajstić information content (AvgIpc) is 3.20. The van der Waals surface area contributed by atoms with E-state index < -0.39 is 0 Å². The molecule has 9 heteroatoms. The van der Waals surface area contributed by atoms with E-state index in [1.165, 1.54) is 12.1 Å². The van der Waals surface area contributed by atoms with Crippen LogP contribution in [0.5, 0.6) is 5.75 Å². The van der Waals surface area contributed by atoms with E-state index in [2.05, 4.69) is 10.4 Å². The summed E-state index contributed by atoms with van der Waals surface area (Å²) in [6.45, 7) is 0.372. The fourth-order valence-corrected chi connectivity index (χ4v) is 3.13. The molecule has 0 spiro atoms. The van der Waals surface area contributed by atoms with Gasteiger partial charge in [0.1, 0.15) is 12.4 Å². The molecule has 0 unspecified atom stereocenters. The molecule has 0 fully saturated rings. The third-order valence-corrected chi connectivity index (χ3v) is 4.19. The van der Waals surface area contributed by atoms with Gasteiger partial charge in [-0.25, -0.2) is 0 Å². The number of aryl methyl sites for hydroxylation is 1. The minimum atomic E-state index is -0.343. The summed E-state index contributed by atoms with van der Waals surface area (Å²) < 4.78 is 12.7. The molecule has 0 aliphatic carbocycles. The molecule has 1 aromatic carbocycles. The SMILES string of the molecule is Cn1ccc(CNC(=O)c2ccc(COc3c(Cl)cc(Cl)cc3Cl)o2)n1. The predicted octanol–water partition coefficient (Wildman–Crippen LogP) is 4.48. The quantitative estimate of drug-likeness (QED) is 0.645. The Kier molecular flexibility index (Phi) is 5.76. The minimum Gasteiger partial charge on any atom is -0.483 e. The topological polar surface area (TPSA) is 69.3 Å². The third kappa shape index (κ3) is 4.52. The van der Waals surface area contributed by atoms with Crippen molar-refractivity contribution in [3.05, 3.63) is 68.8 Å². The zero-order chi connectivity index (χ0) is 18.7. The second-order valence-corrected chi connectivity index (χ2v) is 6.67. The fraction of sp³-hybridized carbons (Fsp3) is 0.176. The van der Waals surface area contributed by atoms with Crippen molar-refractivity contribution in [3.63, 3.8) is 0 Å². The number of nitrogens with zero attached hydrogens (tertiary/aromatic N) is 2. The number of furan rings is 1. The van der Waals surface area contributed by atoms with Gasteiger partial charge in [-0.15, -0.1) is 0 Å². The summed E-state index contributed by atoms with van der Waals surface area (Å²) in [7, 11) is 1.81. The third-order valence-electron chi connectivity index (χ3n) is 3.41. The van der Waals surface area contributed by atoms with Gasteiger partial charge in [-0.1, -0.05) is 34.8 Å². The maximum Gasteiger partial charge on any atom is 0.287 e. The summed E-state index contributed by atoms with van der Waals surface area (Å²) in [5.74, 6) is 0.586. The van der Waals surface area contributed by atoms with Crippen LogP contribution in [0.25, 0.3) is 0 Å². The molecular weight excluding hydrogens is 401 g/mol. The van der Waals surface area contributed by atoms with Crippen molar-refractivity contribution < 1.29 is 13.9 Å². The maximum absolute atomic E-state index is 12.1. The lowest BCUT2D eigenvalue weighted by molar-refractivity contribution is 0.0918. The van der Waals surface area contributed by atoms with Gasteiger partial charge in [0.25, 0.3) is 5.91 Å². The summed E-state index contributed by atoms with van der Waals surface area (Å²) in [5, 5.41) is 7.92. The van der Waals surface area contributed by atoms with Gasteiger partial charge in [0.05, 0.1) is 22.3 Å². The van der Waals surface area contributed by atoms with Gasteiger partial charge in [0.2, 0.25) is 0 Å². The molecule has 1 N–H and O–H groups in total. The van der Waals surface area contributed by atoms with Crippen LogP contribution in [-0.2, 0) is 20.2 Å². The van der Waals surface area contributed by atoms with E-state index in [1.54, 1.807) is 23.0 Å². The Morgan fingerprint density at radius 1 is 1.23 bits per heavy atom. The van der Waals surface area contributed by atoms with Crippen molar-refractivity contribution in [3.8, 4) is 5.75 Å². The molecule has 0 saturated heterocycles. The fourth-order valence-electron chi connectivity index (χ4n) is 2.20. The highest BCUT2D eigenvalue weighted by Crippen LogP contribution is 2.36. The van der Waals surface area contributed by atoms with Crippen LogP contribution in [0, 0.1) is 0 Å². The van der Waals surface area contributed by atoms with Crippen LogP contribution in [-0.4, -0.2) is 15.7 Å². The van der Waals surface area contributed by atoms with Gasteiger partial charge in [0, 0.05) is 18.3 Å². The van der Waals surface area contributed by atoms with Crippen LogP contribution in [0.2, 0.25) is 15.1 Å². The van der Waals surface area contributed by atoms with Crippen molar-refractivity contribution in [2.75, 3.05) is 0 Å². The molecule has 0 aliphatic heterocycles. The first-order valence-corrected chi connectivity index (χ1v) is 8.68. The number of nitrogens with one attached hydrogen (secondary N) is 1. The first-order chi connectivity index (χ1) is 12.4. The maximum atomic E-state index is 12.1. The van der Waals surface area contributed by atoms with Crippen molar-refractivity contribution in [2.24, 2.45) is 7.05 Å². The van der Waals surface area contributed by atoms with Gasteiger partial charge in [-0.05, 0) is 30.3 Å². The van der Waals surface area contributed by atoms with Gasteiger partial charge in [0.15, 0.2) is 11.5 Å². The Hall–Kier alpha value is -2.15. The highest BCUT2D eigenvalue weighted by atomic mass is 35.5. The van der Waals surface area contributed by atoms with Gasteiger partial charge < -0.3 is 14.5 Å². The van der Waals surface area contributed by atoms with Crippen molar-refractivity contribution >= 4 is 40.7 Å². The van der Waals surface area contributed by atoms with Crippen molar-refractivity contribution in [2.45, 2.75) is 13.2 Å². The number of amides is 1. The molecule has 3 aromatic rings. The standard InChI is InChI=1S/C17H14Cl3N3O3/c1-23-5-4-11(22-23)8-21-17(24)15-3-2-12(26-15)9-25-16-13(19)6-10(18)7-14(16)20/h2-7H,8-9H2,1H3,(H,21,24). The predicted molar refractivity (Wildman–Crippen MR) is 98.9 cm³/mol. The lowest BCUT2D eigenvalue weighted by Crippen LogP contribution is -2.22. The second-order valence-electron chi connectivity index (χ2n) is 5.42. The van der Waals surface area contributed by atoms with Crippen molar-refractivity contribution in [1.29, 1.82) is 0 Å². The van der Waals surface area contributed by atoms with Gasteiger partial charge >= 0.3 is 0 Å². The van der Waals surface area contributed by atoms with Gasteiger partial charge in [-0.2, -0.15) is 5.10 Å². The molecular formula is C17H14Cl3N3O3. The first-order valence-electron chi connectivity index (χ1n) is 7.55. The summed E-state index contributed by atoms with van der Waals surface area (Å²) in [4.78, 5) is 12.1. The number of ether oxygens (including phenoxy) is 1. The molecule has 0 atom stereocenters. The molecule has 2 aromatic heterocycles. The molecule has 0 saturated carbocycles. The monoisotopic (exact) mass is 413 g/mol. The number of carbonyl (C=O) groups is 1. The number of benzene rings is 1. The second kappa shape index (κ2) is 8.03. The first kappa shape index (κ1) is 18.6. The molecule has 0 radical (unpaired) electrons. The highest BCUT2D eigenvalue weighted by molar-refractivity contribution is 6.40. The number of halogens is 3. The summed E-state index contributed by atoms with van der Waals surface area (Å²) in [6, 6.07) is 8.10. The average molecular weight is 415 g/mol. The lowest BCUT2D eigenvalue weighted by atomic mass is 10.3. The van der Waals surface area contributed by atoms with Crippen LogP contribution in [0.1, 0.15) is 22.0 Å². The summed E-state index contributed by atoms with van der Waals surface area (Å²) in [6.07, 6.45) is 1.80. The van der Waals surface area contributed by atoms with Crippen LogP contribution in [0.3, 0.4) is 0 Å². The molecule has 0 aliphatic rings. The number of carbonyl (C=O) groups excluding carboxylic acids is 1. The Morgan fingerprint density at radius 3 is 2.62 bits per heavy atom. The number of hydrogen-bond donors (Lipinski definition) is 1. The smallest absolute Gasteiger partial charge is 0.287 e. The van der Waals surface area contributed by atoms with E-state index in [0.29, 0.717) is 33.1 Å². The Morgan fingerprint density at radius 2 is 1.96 bits per heavy atom. The van der Waals surface area contributed by atoms with E-state index >= 15 is 0 Å². The Bertz CT molecular complexity index is 913. The zero-order valence-corrected chi connectivity index (χ0v) is 15.9. The number of aromatic nitrogens is 2. The van der Waals surface area contributed by atoms with Crippen LogP contribution in [0.4, 0.5) is 0 Å². The Balaban J connectivity index is 1.58. The molecule has 1 amide bonds. The lowest BCUT2D eigenvalue weighted by Gasteiger charge is -2.09. The van der Waals surface area contributed by atoms with E-state index in [0.717, 1.165) is 5.69 Å². The van der Waals surface area contributed by atoms with Crippen LogP contribution >= 0.6 is 34.8 Å². The summed E-state index contributed by atoms with van der Waals surface area (Å²) >= 11 is 18.0. The minimum absolute atomic E-state index is 0.0641. The van der Waals surface area contributed by atoms with Crippen LogP contribution in [0.15, 0.2) is 40.9 Å². The number of hydrogen-bond acceptors (Lipinski definition) is 4. The van der Waals surface area contributed by atoms with E-state index in [4.69, 9.17) is 44.0 Å². The molecule has 0 bridgehead atoms. The van der Waals surface area contributed by atoms with Crippen molar-refractivity contribution in [1.82, 2.24) is 15.1 Å². The van der Waals surface area contributed by atoms with E-state index in [9.17, 15) is 4.79 Å². The van der Waals surface area contributed by atoms with Gasteiger partial charge in [-0.3, -0.25) is 9.48 Å². The Labute approximate surface area is 164 Å². The normalized spacial score (nSPS) is 10.8. The largest absolute Gasteiger partial charge is 0.483 e. The number of rotatable bonds is 6. The van der Waals surface area contributed by atoms with E-state index in [-0.39, 0.29) is 18.3 Å². The zero-order valence-electron chi connectivity index (χ0n) is 13.6. The summed E-state index contributed by atoms with van der Waals surface area (Å²) in [5.41, 5.74) is 0.753. The molecule has 136 valence electrons. The van der Waals surface area contributed by atoms with E-state index in [1.807, 2.05) is 13.1 Å². The molecule has 2 heterocycles. The molecule has 3 rings (SSSR count). The highest BCUT2D eigenvalue weighted by Gasteiger charge is 2.14. The molecule has 26 heavy (non-hydrogen) atoms. The molecule has 6 nitrogen and oxygen atoms in total.